The molecule has 0 aromatic heterocycles. The van der Waals surface area contributed by atoms with E-state index in [0.717, 1.165) is 12.8 Å². The van der Waals surface area contributed by atoms with E-state index in [1.807, 2.05) is 0 Å². The van der Waals surface area contributed by atoms with Crippen LogP contribution in [0.5, 0.6) is 0 Å². The van der Waals surface area contributed by atoms with Crippen molar-refractivity contribution in [2.24, 2.45) is 0 Å². The standard InChI is InChI=1S/C13H23NO/c1-10-8-13(9-11(2)15-10)14-12-6-4-3-5-7-12/h4,6,10-14H,3,5,7-9H2,1-2H3. The molecular formula is C13H23NO. The monoisotopic (exact) mass is 209 g/mol. The number of rotatable bonds is 2. The largest absolute Gasteiger partial charge is 0.375 e. The van der Waals surface area contributed by atoms with Crippen molar-refractivity contribution in [1.29, 1.82) is 0 Å². The Kier molecular flexibility index (Phi) is 3.81. The number of nitrogens with one attached hydrogen (secondary N) is 1. The van der Waals surface area contributed by atoms with E-state index in [4.69, 9.17) is 4.74 Å². The predicted octanol–water partition coefficient (Wildman–Crippen LogP) is 2.64. The summed E-state index contributed by atoms with van der Waals surface area (Å²) in [6.45, 7) is 4.36. The van der Waals surface area contributed by atoms with Crippen LogP contribution in [0.4, 0.5) is 0 Å². The third kappa shape index (κ3) is 3.32. The van der Waals surface area contributed by atoms with E-state index in [1.165, 1.54) is 19.3 Å². The van der Waals surface area contributed by atoms with Gasteiger partial charge in [0.2, 0.25) is 0 Å². The van der Waals surface area contributed by atoms with Crippen molar-refractivity contribution in [1.82, 2.24) is 5.32 Å². The minimum absolute atomic E-state index is 0.416. The maximum Gasteiger partial charge on any atom is 0.0565 e. The highest BCUT2D eigenvalue weighted by Gasteiger charge is 2.25. The number of allylic oxidation sites excluding steroid dienone is 1. The summed E-state index contributed by atoms with van der Waals surface area (Å²) < 4.78 is 5.75. The molecule has 2 rings (SSSR count). The zero-order valence-corrected chi connectivity index (χ0v) is 9.91. The molecule has 15 heavy (non-hydrogen) atoms. The van der Waals surface area contributed by atoms with Crippen LogP contribution in [0.1, 0.15) is 46.0 Å². The van der Waals surface area contributed by atoms with Crippen molar-refractivity contribution >= 4 is 0 Å². The van der Waals surface area contributed by atoms with Crippen molar-refractivity contribution in [2.75, 3.05) is 0 Å². The summed E-state index contributed by atoms with van der Waals surface area (Å²) >= 11 is 0. The molecular weight excluding hydrogens is 186 g/mol. The smallest absolute Gasteiger partial charge is 0.0565 e. The molecule has 3 unspecified atom stereocenters. The molecule has 1 saturated heterocycles. The molecule has 1 fully saturated rings. The maximum atomic E-state index is 5.75. The van der Waals surface area contributed by atoms with Gasteiger partial charge in [0, 0.05) is 12.1 Å². The molecule has 0 aromatic carbocycles. The lowest BCUT2D eigenvalue weighted by atomic mass is 9.96. The normalized spacial score (nSPS) is 41.7. The van der Waals surface area contributed by atoms with E-state index in [2.05, 4.69) is 31.3 Å². The molecule has 2 heteroatoms. The Labute approximate surface area is 93.1 Å². The van der Waals surface area contributed by atoms with Crippen molar-refractivity contribution in [2.45, 2.75) is 70.2 Å². The van der Waals surface area contributed by atoms with Crippen LogP contribution in [0.25, 0.3) is 0 Å². The number of hydrogen-bond donors (Lipinski definition) is 1. The first kappa shape index (κ1) is 11.2. The van der Waals surface area contributed by atoms with Crippen LogP contribution in [-0.4, -0.2) is 24.3 Å². The predicted molar refractivity (Wildman–Crippen MR) is 62.9 cm³/mol. The molecule has 2 aliphatic rings. The summed E-state index contributed by atoms with van der Waals surface area (Å²) in [6.07, 6.45) is 11.7. The van der Waals surface area contributed by atoms with Gasteiger partial charge in [-0.3, -0.25) is 0 Å². The summed E-state index contributed by atoms with van der Waals surface area (Å²) in [5.74, 6) is 0. The van der Waals surface area contributed by atoms with E-state index < -0.39 is 0 Å². The van der Waals surface area contributed by atoms with Crippen LogP contribution in [-0.2, 0) is 4.74 Å². The molecule has 3 atom stereocenters. The lowest BCUT2D eigenvalue weighted by Gasteiger charge is -2.35. The van der Waals surface area contributed by atoms with Crippen LogP contribution >= 0.6 is 0 Å². The molecule has 1 aliphatic heterocycles. The van der Waals surface area contributed by atoms with Crippen LogP contribution in [0.15, 0.2) is 12.2 Å². The highest BCUT2D eigenvalue weighted by atomic mass is 16.5. The quantitative estimate of drug-likeness (QED) is 0.706. The van der Waals surface area contributed by atoms with Crippen molar-refractivity contribution in [3.63, 3.8) is 0 Å². The summed E-state index contributed by atoms with van der Waals surface area (Å²) in [7, 11) is 0. The lowest BCUT2D eigenvalue weighted by Crippen LogP contribution is -2.45. The van der Waals surface area contributed by atoms with Gasteiger partial charge in [-0.2, -0.15) is 0 Å². The lowest BCUT2D eigenvalue weighted by molar-refractivity contribution is -0.0430. The van der Waals surface area contributed by atoms with Crippen LogP contribution in [0.2, 0.25) is 0 Å². The van der Waals surface area contributed by atoms with Gasteiger partial charge in [0.05, 0.1) is 12.2 Å². The van der Waals surface area contributed by atoms with Crippen molar-refractivity contribution in [3.05, 3.63) is 12.2 Å². The molecule has 0 amide bonds. The minimum Gasteiger partial charge on any atom is -0.375 e. The van der Waals surface area contributed by atoms with Crippen LogP contribution in [0.3, 0.4) is 0 Å². The third-order valence-electron chi connectivity index (χ3n) is 3.40. The molecule has 1 aliphatic carbocycles. The van der Waals surface area contributed by atoms with Crippen LogP contribution in [0, 0.1) is 0 Å². The Morgan fingerprint density at radius 2 is 1.93 bits per heavy atom. The fraction of sp³-hybridized carbons (Fsp3) is 0.846. The average molecular weight is 209 g/mol. The average Bonchev–Trinajstić information content (AvgIpc) is 2.17. The summed E-state index contributed by atoms with van der Waals surface area (Å²) in [5.41, 5.74) is 0. The molecule has 0 radical (unpaired) electrons. The second-order valence-corrected chi connectivity index (χ2v) is 5.06. The van der Waals surface area contributed by atoms with Gasteiger partial charge in [0.15, 0.2) is 0 Å². The Hall–Kier alpha value is -0.340. The highest BCUT2D eigenvalue weighted by molar-refractivity contribution is 4.99. The molecule has 0 aromatic rings. The fourth-order valence-corrected chi connectivity index (χ4v) is 2.80. The third-order valence-corrected chi connectivity index (χ3v) is 3.40. The maximum absolute atomic E-state index is 5.75. The van der Waals surface area contributed by atoms with Gasteiger partial charge >= 0.3 is 0 Å². The Balaban J connectivity index is 1.82. The van der Waals surface area contributed by atoms with Gasteiger partial charge in [-0.15, -0.1) is 0 Å². The Bertz CT molecular complexity index is 217. The molecule has 1 heterocycles. The number of ether oxygens (including phenoxy) is 1. The summed E-state index contributed by atoms with van der Waals surface area (Å²) in [6, 6.07) is 1.26. The highest BCUT2D eigenvalue weighted by Crippen LogP contribution is 2.21. The number of hydrogen-bond acceptors (Lipinski definition) is 2. The van der Waals surface area contributed by atoms with Crippen molar-refractivity contribution in [3.8, 4) is 0 Å². The molecule has 0 bridgehead atoms. The van der Waals surface area contributed by atoms with Gasteiger partial charge in [-0.05, 0) is 46.0 Å². The second kappa shape index (κ2) is 5.13. The van der Waals surface area contributed by atoms with E-state index in [1.54, 1.807) is 0 Å². The zero-order valence-electron chi connectivity index (χ0n) is 9.91. The topological polar surface area (TPSA) is 21.3 Å². The Morgan fingerprint density at radius 3 is 2.53 bits per heavy atom. The van der Waals surface area contributed by atoms with Gasteiger partial charge < -0.3 is 10.1 Å². The van der Waals surface area contributed by atoms with Crippen LogP contribution < -0.4 is 5.32 Å². The molecule has 0 spiro atoms. The van der Waals surface area contributed by atoms with E-state index in [9.17, 15) is 0 Å². The molecule has 86 valence electrons. The van der Waals surface area contributed by atoms with Gasteiger partial charge in [-0.25, -0.2) is 0 Å². The van der Waals surface area contributed by atoms with Crippen molar-refractivity contribution < 1.29 is 4.74 Å². The second-order valence-electron chi connectivity index (χ2n) is 5.06. The summed E-state index contributed by atoms with van der Waals surface area (Å²) in [4.78, 5) is 0. The molecule has 1 N–H and O–H groups in total. The van der Waals surface area contributed by atoms with Gasteiger partial charge in [0.25, 0.3) is 0 Å². The van der Waals surface area contributed by atoms with E-state index in [-0.39, 0.29) is 0 Å². The van der Waals surface area contributed by atoms with Gasteiger partial charge in [-0.1, -0.05) is 12.2 Å². The molecule has 0 saturated carbocycles. The Morgan fingerprint density at radius 1 is 1.20 bits per heavy atom. The first-order chi connectivity index (χ1) is 7.24. The summed E-state index contributed by atoms with van der Waals surface area (Å²) in [5, 5.41) is 3.75. The molecule has 2 nitrogen and oxygen atoms in total. The van der Waals surface area contributed by atoms with Gasteiger partial charge in [0.1, 0.15) is 0 Å². The minimum atomic E-state index is 0.416. The first-order valence-electron chi connectivity index (χ1n) is 6.32. The SMILES string of the molecule is CC1CC(NC2C=CCCC2)CC(C)O1. The zero-order chi connectivity index (χ0) is 10.7. The first-order valence-corrected chi connectivity index (χ1v) is 6.32. The fourth-order valence-electron chi connectivity index (χ4n) is 2.80. The van der Waals surface area contributed by atoms with E-state index >= 15 is 0 Å². The van der Waals surface area contributed by atoms with E-state index in [0.29, 0.717) is 24.3 Å².